The van der Waals surface area contributed by atoms with Crippen LogP contribution in [0.1, 0.15) is 17.0 Å². The number of nitrogens with one attached hydrogen (secondary N) is 1. The van der Waals surface area contributed by atoms with Gasteiger partial charge in [0.05, 0.1) is 0 Å². The molecule has 1 heteroatoms. The summed E-state index contributed by atoms with van der Waals surface area (Å²) in [5, 5.41) is 3.28. The van der Waals surface area contributed by atoms with Crippen molar-refractivity contribution in [3.05, 3.63) is 48.0 Å². The number of benzene rings is 1. The summed E-state index contributed by atoms with van der Waals surface area (Å²) in [5.74, 6) is 0.638. The molecular formula is C12H15N. The van der Waals surface area contributed by atoms with Gasteiger partial charge < -0.3 is 5.32 Å². The molecule has 0 radical (unpaired) electrons. The summed E-state index contributed by atoms with van der Waals surface area (Å²) in [5.41, 5.74) is 2.98. The van der Waals surface area contributed by atoms with Gasteiger partial charge in [-0.25, -0.2) is 0 Å². The van der Waals surface area contributed by atoms with E-state index in [1.807, 2.05) is 13.1 Å². The summed E-state index contributed by atoms with van der Waals surface area (Å²) in [6.45, 7) is 3.85. The monoisotopic (exact) mass is 173 g/mol. The largest absolute Gasteiger partial charge is 0.313 e. The highest BCUT2D eigenvalue weighted by atomic mass is 14.9. The zero-order valence-electron chi connectivity index (χ0n) is 7.96. The molecule has 68 valence electrons. The van der Waals surface area contributed by atoms with E-state index in [1.54, 1.807) is 0 Å². The molecule has 1 aliphatic rings. The SMILES string of the molecule is C=CC(NC)C1Cc2ccccc21. The highest BCUT2D eigenvalue weighted by Gasteiger charge is 2.29. The van der Waals surface area contributed by atoms with E-state index in [4.69, 9.17) is 0 Å². The Labute approximate surface area is 79.5 Å². The molecule has 0 saturated heterocycles. The lowest BCUT2D eigenvalue weighted by molar-refractivity contribution is 0.489. The van der Waals surface area contributed by atoms with Crippen LogP contribution in [-0.4, -0.2) is 13.1 Å². The minimum absolute atomic E-state index is 0.426. The van der Waals surface area contributed by atoms with Crippen molar-refractivity contribution in [3.63, 3.8) is 0 Å². The standard InChI is InChI=1S/C12H15N/c1-3-12(13-2)11-8-9-6-4-5-7-10(9)11/h3-7,11-13H,1,8H2,2H3. The predicted molar refractivity (Wildman–Crippen MR) is 55.9 cm³/mol. The maximum atomic E-state index is 3.85. The number of hydrogen-bond acceptors (Lipinski definition) is 1. The van der Waals surface area contributed by atoms with Crippen molar-refractivity contribution >= 4 is 0 Å². The van der Waals surface area contributed by atoms with Gasteiger partial charge in [0.25, 0.3) is 0 Å². The third-order valence-corrected chi connectivity index (χ3v) is 2.92. The second-order valence-corrected chi connectivity index (χ2v) is 3.56. The van der Waals surface area contributed by atoms with Crippen LogP contribution in [0.4, 0.5) is 0 Å². The molecule has 0 saturated carbocycles. The van der Waals surface area contributed by atoms with Crippen molar-refractivity contribution in [1.82, 2.24) is 5.32 Å². The number of fused-ring (bicyclic) bond motifs is 1. The van der Waals surface area contributed by atoms with Gasteiger partial charge in [-0.2, -0.15) is 0 Å². The van der Waals surface area contributed by atoms with Gasteiger partial charge in [-0.05, 0) is 24.6 Å². The summed E-state index contributed by atoms with van der Waals surface area (Å²) >= 11 is 0. The quantitative estimate of drug-likeness (QED) is 0.690. The van der Waals surface area contributed by atoms with Crippen molar-refractivity contribution < 1.29 is 0 Å². The van der Waals surface area contributed by atoms with Gasteiger partial charge >= 0.3 is 0 Å². The molecule has 0 aromatic heterocycles. The van der Waals surface area contributed by atoms with Crippen LogP contribution in [0.3, 0.4) is 0 Å². The van der Waals surface area contributed by atoms with Crippen molar-refractivity contribution in [2.24, 2.45) is 0 Å². The van der Waals surface area contributed by atoms with E-state index in [0.29, 0.717) is 12.0 Å². The Morgan fingerprint density at radius 2 is 2.31 bits per heavy atom. The number of rotatable bonds is 3. The normalized spacial score (nSPS) is 21.5. The molecule has 2 rings (SSSR count). The first-order valence-corrected chi connectivity index (χ1v) is 4.74. The van der Waals surface area contributed by atoms with Crippen LogP contribution in [-0.2, 0) is 6.42 Å². The fraction of sp³-hybridized carbons (Fsp3) is 0.333. The first kappa shape index (κ1) is 8.52. The Balaban J connectivity index is 2.20. The molecule has 0 fully saturated rings. The van der Waals surface area contributed by atoms with Gasteiger partial charge in [0, 0.05) is 12.0 Å². The molecule has 2 atom stereocenters. The average Bonchev–Trinajstić information content (AvgIpc) is 2.14. The predicted octanol–water partition coefficient (Wildman–Crippen LogP) is 2.10. The maximum Gasteiger partial charge on any atom is 0.0316 e. The van der Waals surface area contributed by atoms with Gasteiger partial charge in [0.15, 0.2) is 0 Å². The summed E-state index contributed by atoms with van der Waals surface area (Å²) in [6.07, 6.45) is 3.19. The molecule has 13 heavy (non-hydrogen) atoms. The lowest BCUT2D eigenvalue weighted by Gasteiger charge is -2.34. The van der Waals surface area contributed by atoms with Crippen LogP contribution in [0.5, 0.6) is 0 Å². The van der Waals surface area contributed by atoms with Crippen LogP contribution < -0.4 is 5.32 Å². The van der Waals surface area contributed by atoms with Crippen LogP contribution in [0.2, 0.25) is 0 Å². The van der Waals surface area contributed by atoms with Crippen molar-refractivity contribution in [3.8, 4) is 0 Å². The number of hydrogen-bond donors (Lipinski definition) is 1. The molecule has 1 nitrogen and oxygen atoms in total. The van der Waals surface area contributed by atoms with E-state index in [0.717, 1.165) is 0 Å². The fourth-order valence-electron chi connectivity index (χ4n) is 2.10. The highest BCUT2D eigenvalue weighted by Crippen LogP contribution is 2.37. The molecule has 1 N–H and O–H groups in total. The van der Waals surface area contributed by atoms with E-state index in [9.17, 15) is 0 Å². The Morgan fingerprint density at radius 3 is 2.92 bits per heavy atom. The smallest absolute Gasteiger partial charge is 0.0316 e. The van der Waals surface area contributed by atoms with Crippen molar-refractivity contribution in [2.75, 3.05) is 7.05 Å². The number of likely N-dealkylation sites (N-methyl/N-ethyl adjacent to an activating group) is 1. The first-order valence-electron chi connectivity index (χ1n) is 4.74. The zero-order valence-corrected chi connectivity index (χ0v) is 7.96. The third-order valence-electron chi connectivity index (χ3n) is 2.92. The summed E-state index contributed by atoms with van der Waals surface area (Å²) in [4.78, 5) is 0. The topological polar surface area (TPSA) is 12.0 Å². The van der Waals surface area contributed by atoms with Gasteiger partial charge in [-0.3, -0.25) is 0 Å². The minimum Gasteiger partial charge on any atom is -0.313 e. The summed E-state index contributed by atoms with van der Waals surface area (Å²) in [6, 6.07) is 9.08. The van der Waals surface area contributed by atoms with Crippen molar-refractivity contribution in [1.29, 1.82) is 0 Å². The van der Waals surface area contributed by atoms with Gasteiger partial charge in [0.2, 0.25) is 0 Å². The Bertz CT molecular complexity index is 317. The zero-order chi connectivity index (χ0) is 9.26. The van der Waals surface area contributed by atoms with Gasteiger partial charge in [-0.1, -0.05) is 30.3 Å². The Hall–Kier alpha value is -1.08. The van der Waals surface area contributed by atoms with Crippen LogP contribution >= 0.6 is 0 Å². The molecule has 0 amide bonds. The maximum absolute atomic E-state index is 3.85. The Morgan fingerprint density at radius 1 is 1.54 bits per heavy atom. The fourth-order valence-corrected chi connectivity index (χ4v) is 2.10. The highest BCUT2D eigenvalue weighted by molar-refractivity contribution is 5.42. The molecular weight excluding hydrogens is 158 g/mol. The molecule has 1 aliphatic carbocycles. The second kappa shape index (κ2) is 3.35. The molecule has 0 bridgehead atoms. The second-order valence-electron chi connectivity index (χ2n) is 3.56. The van der Waals surface area contributed by atoms with E-state index in [2.05, 4.69) is 36.2 Å². The van der Waals surface area contributed by atoms with Crippen molar-refractivity contribution in [2.45, 2.75) is 18.4 Å². The van der Waals surface area contributed by atoms with E-state index in [1.165, 1.54) is 17.5 Å². The molecule has 1 aromatic rings. The average molecular weight is 173 g/mol. The van der Waals surface area contributed by atoms with Crippen LogP contribution in [0.25, 0.3) is 0 Å². The third kappa shape index (κ3) is 1.29. The molecule has 1 aromatic carbocycles. The lowest BCUT2D eigenvalue weighted by atomic mass is 9.73. The lowest BCUT2D eigenvalue weighted by Crippen LogP contribution is -2.36. The summed E-state index contributed by atoms with van der Waals surface area (Å²) in [7, 11) is 1.99. The van der Waals surface area contributed by atoms with E-state index in [-0.39, 0.29) is 0 Å². The van der Waals surface area contributed by atoms with Gasteiger partial charge in [-0.15, -0.1) is 6.58 Å². The van der Waals surface area contributed by atoms with Crippen LogP contribution in [0.15, 0.2) is 36.9 Å². The molecule has 2 unspecified atom stereocenters. The van der Waals surface area contributed by atoms with Crippen LogP contribution in [0, 0.1) is 0 Å². The van der Waals surface area contributed by atoms with E-state index < -0.39 is 0 Å². The molecule has 0 aliphatic heterocycles. The van der Waals surface area contributed by atoms with Gasteiger partial charge in [0.1, 0.15) is 0 Å². The molecule has 0 heterocycles. The Kier molecular flexibility index (Phi) is 2.19. The first-order chi connectivity index (χ1) is 6.36. The van der Waals surface area contributed by atoms with E-state index >= 15 is 0 Å². The summed E-state index contributed by atoms with van der Waals surface area (Å²) < 4.78 is 0. The minimum atomic E-state index is 0.426. The molecule has 0 spiro atoms.